The number of amides is 2. The largest absolute Gasteiger partial charge is 0.378 e. The Morgan fingerprint density at radius 3 is 2.57 bits per heavy atom. The molecule has 0 radical (unpaired) electrons. The number of carbonyl (C=O) groups is 2. The fourth-order valence-corrected chi connectivity index (χ4v) is 3.08. The van der Waals surface area contributed by atoms with E-state index in [0.717, 1.165) is 30.5 Å². The summed E-state index contributed by atoms with van der Waals surface area (Å²) in [6, 6.07) is 9.41. The lowest BCUT2D eigenvalue weighted by molar-refractivity contribution is 0.0783. The molecule has 28 heavy (non-hydrogen) atoms. The maximum absolute atomic E-state index is 12.8. The van der Waals surface area contributed by atoms with Gasteiger partial charge >= 0.3 is 0 Å². The van der Waals surface area contributed by atoms with E-state index in [0.29, 0.717) is 6.54 Å². The standard InChI is InChI=1S/C21H26N4O3/c1-24(2)17-9-4-6-14(10-17)13-25(3)21(28)18-11-15(12-22-20(18)27)19(26)23-16-7-5-8-16/h4,6,9-12,16H,5,7-8,13H2,1-3H3,(H,22,27)(H,23,26). The predicted octanol–water partition coefficient (Wildman–Crippen LogP) is 2.00. The number of hydrogen-bond donors (Lipinski definition) is 2. The van der Waals surface area contributed by atoms with Crippen molar-refractivity contribution in [1.29, 1.82) is 0 Å². The molecule has 2 aromatic rings. The van der Waals surface area contributed by atoms with Gasteiger partial charge in [-0.05, 0) is 43.0 Å². The van der Waals surface area contributed by atoms with Crippen LogP contribution < -0.4 is 15.8 Å². The van der Waals surface area contributed by atoms with Crippen LogP contribution in [0.2, 0.25) is 0 Å². The van der Waals surface area contributed by atoms with Gasteiger partial charge in [0.25, 0.3) is 17.4 Å². The summed E-state index contributed by atoms with van der Waals surface area (Å²) in [5.74, 6) is -0.689. The molecule has 1 heterocycles. The van der Waals surface area contributed by atoms with Crippen molar-refractivity contribution in [2.75, 3.05) is 26.0 Å². The maximum atomic E-state index is 12.8. The molecule has 0 saturated heterocycles. The zero-order chi connectivity index (χ0) is 20.3. The third-order valence-electron chi connectivity index (χ3n) is 5.03. The number of hydrogen-bond acceptors (Lipinski definition) is 4. The van der Waals surface area contributed by atoms with Gasteiger partial charge in [0.2, 0.25) is 0 Å². The molecule has 2 N–H and O–H groups in total. The third kappa shape index (κ3) is 4.42. The molecular formula is C21H26N4O3. The summed E-state index contributed by atoms with van der Waals surface area (Å²) in [6.45, 7) is 0.360. The molecule has 3 rings (SSSR count). The Bertz CT molecular complexity index is 931. The fraction of sp³-hybridized carbons (Fsp3) is 0.381. The minimum Gasteiger partial charge on any atom is -0.378 e. The van der Waals surface area contributed by atoms with Crippen LogP contribution in [-0.2, 0) is 6.54 Å². The van der Waals surface area contributed by atoms with Crippen LogP contribution in [0.15, 0.2) is 41.3 Å². The predicted molar refractivity (Wildman–Crippen MR) is 109 cm³/mol. The maximum Gasteiger partial charge on any atom is 0.260 e. The number of rotatable bonds is 6. The number of nitrogens with one attached hydrogen (secondary N) is 2. The number of aromatic amines is 1. The van der Waals surface area contributed by atoms with E-state index in [-0.39, 0.29) is 23.1 Å². The zero-order valence-electron chi connectivity index (χ0n) is 16.5. The molecule has 7 nitrogen and oxygen atoms in total. The number of nitrogens with zero attached hydrogens (tertiary/aromatic N) is 2. The van der Waals surface area contributed by atoms with Gasteiger partial charge in [0, 0.05) is 45.6 Å². The van der Waals surface area contributed by atoms with E-state index in [2.05, 4.69) is 10.3 Å². The molecule has 2 amide bonds. The second-order valence-corrected chi connectivity index (χ2v) is 7.46. The summed E-state index contributed by atoms with van der Waals surface area (Å²) in [4.78, 5) is 43.3. The number of pyridine rings is 1. The van der Waals surface area contributed by atoms with Crippen molar-refractivity contribution >= 4 is 17.5 Å². The molecule has 0 atom stereocenters. The van der Waals surface area contributed by atoms with E-state index in [4.69, 9.17) is 0 Å². The average molecular weight is 382 g/mol. The van der Waals surface area contributed by atoms with E-state index in [1.165, 1.54) is 17.2 Å². The molecule has 0 bridgehead atoms. The van der Waals surface area contributed by atoms with Crippen molar-refractivity contribution in [2.45, 2.75) is 31.8 Å². The Kier molecular flexibility index (Phi) is 5.82. The molecule has 0 spiro atoms. The molecule has 0 unspecified atom stereocenters. The van der Waals surface area contributed by atoms with E-state index in [1.807, 2.05) is 43.3 Å². The number of benzene rings is 1. The summed E-state index contributed by atoms with van der Waals surface area (Å²) in [5.41, 5.74) is 1.74. The second kappa shape index (κ2) is 8.29. The summed E-state index contributed by atoms with van der Waals surface area (Å²) in [7, 11) is 5.55. The minimum absolute atomic E-state index is 0.0347. The van der Waals surface area contributed by atoms with Gasteiger partial charge in [-0.1, -0.05) is 12.1 Å². The number of H-pyrrole nitrogens is 1. The normalized spacial score (nSPS) is 13.5. The highest BCUT2D eigenvalue weighted by molar-refractivity contribution is 5.99. The average Bonchev–Trinajstić information content (AvgIpc) is 2.64. The molecule has 1 saturated carbocycles. The van der Waals surface area contributed by atoms with Gasteiger partial charge in [0.1, 0.15) is 5.56 Å². The first kappa shape index (κ1) is 19.7. The van der Waals surface area contributed by atoms with E-state index in [9.17, 15) is 14.4 Å². The van der Waals surface area contributed by atoms with Crippen molar-refractivity contribution in [1.82, 2.24) is 15.2 Å². The van der Waals surface area contributed by atoms with Crippen LogP contribution in [0.1, 0.15) is 45.5 Å². The molecule has 0 aliphatic heterocycles. The highest BCUT2D eigenvalue weighted by atomic mass is 16.2. The Labute approximate surface area is 164 Å². The first-order valence-corrected chi connectivity index (χ1v) is 9.40. The highest BCUT2D eigenvalue weighted by Crippen LogP contribution is 2.19. The number of carbonyl (C=O) groups excluding carboxylic acids is 2. The molecule has 148 valence electrons. The SMILES string of the molecule is CN(Cc1cccc(N(C)C)c1)C(=O)c1cc(C(=O)NC2CCC2)c[nH]c1=O. The lowest BCUT2D eigenvalue weighted by Gasteiger charge is -2.26. The van der Waals surface area contributed by atoms with Crippen LogP contribution in [0.5, 0.6) is 0 Å². The van der Waals surface area contributed by atoms with Gasteiger partial charge in [-0.3, -0.25) is 14.4 Å². The highest BCUT2D eigenvalue weighted by Gasteiger charge is 2.22. The van der Waals surface area contributed by atoms with Crippen molar-refractivity contribution < 1.29 is 9.59 Å². The van der Waals surface area contributed by atoms with Crippen LogP contribution in [-0.4, -0.2) is 48.9 Å². The van der Waals surface area contributed by atoms with Gasteiger partial charge in [-0.25, -0.2) is 0 Å². The quantitative estimate of drug-likeness (QED) is 0.800. The van der Waals surface area contributed by atoms with Crippen molar-refractivity contribution in [2.24, 2.45) is 0 Å². The smallest absolute Gasteiger partial charge is 0.260 e. The van der Waals surface area contributed by atoms with E-state index in [1.54, 1.807) is 7.05 Å². The molecule has 1 fully saturated rings. The summed E-state index contributed by atoms with van der Waals surface area (Å²) in [5, 5.41) is 2.91. The van der Waals surface area contributed by atoms with Gasteiger partial charge in [0.05, 0.1) is 5.56 Å². The Hall–Kier alpha value is -3.09. The molecule has 7 heteroatoms. The van der Waals surface area contributed by atoms with Crippen LogP contribution in [0, 0.1) is 0 Å². The fourth-order valence-electron chi connectivity index (χ4n) is 3.08. The molecule has 1 aromatic heterocycles. The van der Waals surface area contributed by atoms with Crippen molar-refractivity contribution in [3.05, 3.63) is 63.6 Å². The molecular weight excluding hydrogens is 356 g/mol. The van der Waals surface area contributed by atoms with Gasteiger partial charge in [-0.15, -0.1) is 0 Å². The lowest BCUT2D eigenvalue weighted by Crippen LogP contribution is -2.40. The van der Waals surface area contributed by atoms with Crippen molar-refractivity contribution in [3.8, 4) is 0 Å². The summed E-state index contributed by atoms with van der Waals surface area (Å²) < 4.78 is 0. The molecule has 1 aromatic carbocycles. The summed E-state index contributed by atoms with van der Waals surface area (Å²) >= 11 is 0. The first-order valence-electron chi connectivity index (χ1n) is 9.40. The molecule has 1 aliphatic carbocycles. The lowest BCUT2D eigenvalue weighted by atomic mass is 9.93. The Morgan fingerprint density at radius 1 is 1.18 bits per heavy atom. The Balaban J connectivity index is 1.75. The zero-order valence-corrected chi connectivity index (χ0v) is 16.5. The van der Waals surface area contributed by atoms with Gasteiger partial charge in [-0.2, -0.15) is 0 Å². The minimum atomic E-state index is -0.501. The topological polar surface area (TPSA) is 85.5 Å². The van der Waals surface area contributed by atoms with Gasteiger partial charge in [0.15, 0.2) is 0 Å². The first-order chi connectivity index (χ1) is 13.3. The number of anilines is 1. The van der Waals surface area contributed by atoms with Crippen LogP contribution in [0.25, 0.3) is 0 Å². The monoisotopic (exact) mass is 382 g/mol. The summed E-state index contributed by atoms with van der Waals surface area (Å²) in [6.07, 6.45) is 4.40. The third-order valence-corrected chi connectivity index (χ3v) is 5.03. The van der Waals surface area contributed by atoms with Gasteiger partial charge < -0.3 is 20.1 Å². The number of aromatic nitrogens is 1. The van der Waals surface area contributed by atoms with Crippen LogP contribution >= 0.6 is 0 Å². The second-order valence-electron chi connectivity index (χ2n) is 7.46. The Morgan fingerprint density at radius 2 is 1.93 bits per heavy atom. The van der Waals surface area contributed by atoms with Crippen molar-refractivity contribution in [3.63, 3.8) is 0 Å². The molecule has 1 aliphatic rings. The van der Waals surface area contributed by atoms with E-state index >= 15 is 0 Å². The van der Waals surface area contributed by atoms with E-state index < -0.39 is 11.5 Å². The van der Waals surface area contributed by atoms with Crippen LogP contribution in [0.4, 0.5) is 5.69 Å². The van der Waals surface area contributed by atoms with Crippen LogP contribution in [0.3, 0.4) is 0 Å².